The first-order chi connectivity index (χ1) is 9.54. The molecular formula is C17H17FO2. The summed E-state index contributed by atoms with van der Waals surface area (Å²) in [7, 11) is 0. The highest BCUT2D eigenvalue weighted by molar-refractivity contribution is 5.42. The summed E-state index contributed by atoms with van der Waals surface area (Å²) < 4.78 is 19.4. The highest BCUT2D eigenvalue weighted by atomic mass is 19.1. The average molecular weight is 272 g/mol. The Bertz CT molecular complexity index is 651. The van der Waals surface area contributed by atoms with Crippen molar-refractivity contribution in [2.45, 2.75) is 32.5 Å². The number of benzene rings is 2. The Hall–Kier alpha value is -1.87. The fourth-order valence-corrected chi connectivity index (χ4v) is 2.72. The fraction of sp³-hybridized carbons (Fsp3) is 0.294. The van der Waals surface area contributed by atoms with Gasteiger partial charge in [-0.3, -0.25) is 0 Å². The predicted octanol–water partition coefficient (Wildman–Crippen LogP) is 4.00. The molecule has 0 aromatic heterocycles. The molecular weight excluding hydrogens is 255 g/mol. The molecule has 3 rings (SSSR count). The van der Waals surface area contributed by atoms with Crippen molar-refractivity contribution in [2.75, 3.05) is 0 Å². The summed E-state index contributed by atoms with van der Waals surface area (Å²) in [5.41, 5.74) is 3.68. The molecule has 1 N–H and O–H groups in total. The molecule has 1 unspecified atom stereocenters. The van der Waals surface area contributed by atoms with Crippen molar-refractivity contribution in [3.8, 4) is 5.75 Å². The molecule has 1 aliphatic heterocycles. The van der Waals surface area contributed by atoms with Gasteiger partial charge in [0.2, 0.25) is 0 Å². The van der Waals surface area contributed by atoms with Crippen LogP contribution in [0.15, 0.2) is 36.4 Å². The maximum atomic E-state index is 13.4. The maximum absolute atomic E-state index is 13.4. The first-order valence-electron chi connectivity index (χ1n) is 6.76. The van der Waals surface area contributed by atoms with Gasteiger partial charge in [-0.1, -0.05) is 17.7 Å². The molecule has 0 spiro atoms. The van der Waals surface area contributed by atoms with E-state index in [9.17, 15) is 9.50 Å². The first-order valence-corrected chi connectivity index (χ1v) is 6.76. The zero-order valence-corrected chi connectivity index (χ0v) is 11.6. The van der Waals surface area contributed by atoms with E-state index in [-0.39, 0.29) is 11.9 Å². The average Bonchev–Trinajstić information content (AvgIpc) is 2.42. The molecule has 104 valence electrons. The standard InChI is InChI=1S/C17H17FO2/c1-10-3-6-16-14(7-10)15(19)9-17(20-16)13-8-12(18)5-4-11(13)2/h3-8,15,17,19H,9H2,1-2H3/t15-,17?/m0/s1. The normalized spacial score (nSPS) is 21.2. The number of rotatable bonds is 1. The molecule has 0 bridgehead atoms. The summed E-state index contributed by atoms with van der Waals surface area (Å²) in [6.07, 6.45) is -0.442. The number of halogens is 1. The molecule has 0 amide bonds. The number of ether oxygens (including phenoxy) is 1. The Balaban J connectivity index is 1.99. The van der Waals surface area contributed by atoms with Crippen LogP contribution in [0.5, 0.6) is 5.75 Å². The molecule has 1 heterocycles. The Morgan fingerprint density at radius 1 is 1.10 bits per heavy atom. The van der Waals surface area contributed by atoms with Crippen molar-refractivity contribution in [3.63, 3.8) is 0 Å². The third-order valence-corrected chi connectivity index (χ3v) is 3.82. The second-order valence-electron chi connectivity index (χ2n) is 5.40. The van der Waals surface area contributed by atoms with Crippen LogP contribution in [0.2, 0.25) is 0 Å². The molecule has 2 aromatic rings. The summed E-state index contributed by atoms with van der Waals surface area (Å²) >= 11 is 0. The number of fused-ring (bicyclic) bond motifs is 1. The van der Waals surface area contributed by atoms with E-state index in [2.05, 4.69) is 0 Å². The number of aliphatic hydroxyl groups excluding tert-OH is 1. The van der Waals surface area contributed by atoms with E-state index in [1.807, 2.05) is 32.0 Å². The summed E-state index contributed by atoms with van der Waals surface area (Å²) in [4.78, 5) is 0. The van der Waals surface area contributed by atoms with Crippen LogP contribution >= 0.6 is 0 Å². The Morgan fingerprint density at radius 2 is 1.90 bits per heavy atom. The van der Waals surface area contributed by atoms with Gasteiger partial charge in [0.05, 0.1) is 6.10 Å². The van der Waals surface area contributed by atoms with Crippen molar-refractivity contribution < 1.29 is 14.2 Å². The van der Waals surface area contributed by atoms with Gasteiger partial charge in [0.15, 0.2) is 0 Å². The molecule has 3 heteroatoms. The lowest BCUT2D eigenvalue weighted by Crippen LogP contribution is -2.20. The molecule has 0 saturated carbocycles. The third-order valence-electron chi connectivity index (χ3n) is 3.82. The van der Waals surface area contributed by atoms with Crippen molar-refractivity contribution in [3.05, 3.63) is 64.5 Å². The highest BCUT2D eigenvalue weighted by Crippen LogP contribution is 2.41. The number of aliphatic hydroxyl groups is 1. The van der Waals surface area contributed by atoms with Crippen molar-refractivity contribution in [1.29, 1.82) is 0 Å². The van der Waals surface area contributed by atoms with E-state index in [4.69, 9.17) is 4.74 Å². The SMILES string of the molecule is Cc1ccc2c(c1)[C@@H](O)CC(c1cc(F)ccc1C)O2. The lowest BCUT2D eigenvalue weighted by molar-refractivity contribution is 0.0652. The van der Waals surface area contributed by atoms with Gasteiger partial charge in [-0.25, -0.2) is 4.39 Å². The predicted molar refractivity (Wildman–Crippen MR) is 75.3 cm³/mol. The van der Waals surface area contributed by atoms with Gasteiger partial charge in [0.1, 0.15) is 17.7 Å². The lowest BCUT2D eigenvalue weighted by Gasteiger charge is -2.31. The van der Waals surface area contributed by atoms with Crippen LogP contribution in [0.4, 0.5) is 4.39 Å². The first kappa shape index (κ1) is 13.1. The van der Waals surface area contributed by atoms with Crippen molar-refractivity contribution in [1.82, 2.24) is 0 Å². The van der Waals surface area contributed by atoms with Gasteiger partial charge in [-0.2, -0.15) is 0 Å². The third kappa shape index (κ3) is 2.29. The smallest absolute Gasteiger partial charge is 0.127 e. The van der Waals surface area contributed by atoms with Crippen LogP contribution in [0, 0.1) is 19.7 Å². The topological polar surface area (TPSA) is 29.5 Å². The second kappa shape index (κ2) is 4.91. The minimum absolute atomic E-state index is 0.279. The molecule has 20 heavy (non-hydrogen) atoms. The lowest BCUT2D eigenvalue weighted by atomic mass is 9.92. The van der Waals surface area contributed by atoms with E-state index in [0.717, 1.165) is 22.3 Å². The molecule has 2 nitrogen and oxygen atoms in total. The second-order valence-corrected chi connectivity index (χ2v) is 5.40. The van der Waals surface area contributed by atoms with Crippen LogP contribution in [-0.4, -0.2) is 5.11 Å². The minimum Gasteiger partial charge on any atom is -0.485 e. The van der Waals surface area contributed by atoms with E-state index >= 15 is 0 Å². The van der Waals surface area contributed by atoms with Crippen LogP contribution in [0.1, 0.15) is 40.9 Å². The molecule has 2 atom stereocenters. The van der Waals surface area contributed by atoms with E-state index in [1.165, 1.54) is 12.1 Å². The number of hydrogen-bond acceptors (Lipinski definition) is 2. The van der Waals surface area contributed by atoms with Gasteiger partial charge in [0, 0.05) is 12.0 Å². The summed E-state index contributed by atoms with van der Waals surface area (Å²) in [5, 5.41) is 10.3. The van der Waals surface area contributed by atoms with Crippen LogP contribution in [0.3, 0.4) is 0 Å². The monoisotopic (exact) mass is 272 g/mol. The molecule has 0 radical (unpaired) electrons. The quantitative estimate of drug-likeness (QED) is 0.850. The zero-order valence-electron chi connectivity index (χ0n) is 11.6. The number of hydrogen-bond donors (Lipinski definition) is 1. The van der Waals surface area contributed by atoms with Crippen molar-refractivity contribution in [2.24, 2.45) is 0 Å². The Labute approximate surface area is 117 Å². The molecule has 0 aliphatic carbocycles. The molecule has 0 saturated heterocycles. The maximum Gasteiger partial charge on any atom is 0.127 e. The van der Waals surface area contributed by atoms with Crippen LogP contribution in [-0.2, 0) is 0 Å². The minimum atomic E-state index is -0.577. The van der Waals surface area contributed by atoms with E-state index < -0.39 is 6.10 Å². The molecule has 1 aliphatic rings. The van der Waals surface area contributed by atoms with Crippen LogP contribution < -0.4 is 4.74 Å². The van der Waals surface area contributed by atoms with Gasteiger partial charge < -0.3 is 9.84 Å². The Morgan fingerprint density at radius 3 is 2.70 bits per heavy atom. The van der Waals surface area contributed by atoms with Gasteiger partial charge in [-0.05, 0) is 49.2 Å². The van der Waals surface area contributed by atoms with E-state index in [1.54, 1.807) is 6.07 Å². The van der Waals surface area contributed by atoms with Crippen LogP contribution in [0.25, 0.3) is 0 Å². The molecule has 0 fully saturated rings. The van der Waals surface area contributed by atoms with Gasteiger partial charge >= 0.3 is 0 Å². The zero-order chi connectivity index (χ0) is 14.3. The molecule has 2 aromatic carbocycles. The fourth-order valence-electron chi connectivity index (χ4n) is 2.72. The van der Waals surface area contributed by atoms with E-state index in [0.29, 0.717) is 12.2 Å². The number of aryl methyl sites for hydroxylation is 2. The summed E-state index contributed by atoms with van der Waals surface area (Å²) in [5.74, 6) is 0.404. The Kier molecular flexibility index (Phi) is 3.22. The van der Waals surface area contributed by atoms with Crippen molar-refractivity contribution >= 4 is 0 Å². The highest BCUT2D eigenvalue weighted by Gasteiger charge is 2.29. The van der Waals surface area contributed by atoms with Gasteiger partial charge in [-0.15, -0.1) is 0 Å². The largest absolute Gasteiger partial charge is 0.485 e. The van der Waals surface area contributed by atoms with Gasteiger partial charge in [0.25, 0.3) is 0 Å². The summed E-state index contributed by atoms with van der Waals surface area (Å²) in [6, 6.07) is 10.4. The summed E-state index contributed by atoms with van der Waals surface area (Å²) in [6.45, 7) is 3.91.